The average Bonchev–Trinajstić information content (AvgIpc) is 3.23. The molecule has 0 aromatic rings. The molecule has 9 nitrogen and oxygen atoms in total. The number of likely N-dealkylation sites (N-methyl/N-ethyl adjacent to an activating group) is 1. The molecule has 0 rings (SSSR count). The Kier molecular flexibility index (Phi) is 43.6. The van der Waals surface area contributed by atoms with Crippen molar-refractivity contribution in [2.75, 3.05) is 47.5 Å². The monoisotopic (exact) mass is 898 g/mol. The van der Waals surface area contributed by atoms with Crippen molar-refractivity contribution in [3.8, 4) is 0 Å². The lowest BCUT2D eigenvalue weighted by atomic mass is 10.1. The van der Waals surface area contributed by atoms with E-state index in [1.54, 1.807) is 0 Å². The minimum Gasteiger partial charge on any atom is -0.756 e. The van der Waals surface area contributed by atoms with Crippen LogP contribution in [0.4, 0.5) is 0 Å². The maximum atomic E-state index is 12.7. The number of quaternary nitrogens is 1. The standard InChI is InChI=1S/C52H100NO8P/c1-6-8-10-12-14-16-18-20-22-24-26-28-30-32-34-36-38-40-42-44-51(54)58-48-50(49-60-62(56,57)59-47-46-53(3,4)5)61-52(55)45-43-41-39-37-35-33-31-29-27-25-23-21-19-17-15-13-11-9-7-2/h20-23,50H,6-19,24-49H2,1-5H3/b22-20-,23-21-. The molecule has 0 fully saturated rings. The molecular formula is C52H100NO8P. The Bertz CT molecular complexity index is 1110. The van der Waals surface area contributed by atoms with Crippen LogP contribution in [-0.2, 0) is 32.7 Å². The highest BCUT2D eigenvalue weighted by molar-refractivity contribution is 7.45. The van der Waals surface area contributed by atoms with Crippen LogP contribution in [0.2, 0.25) is 0 Å². The Labute approximate surface area is 383 Å². The van der Waals surface area contributed by atoms with Gasteiger partial charge in [0.25, 0.3) is 7.82 Å². The fraction of sp³-hybridized carbons (Fsp3) is 0.885. The zero-order chi connectivity index (χ0) is 45.7. The fourth-order valence-electron chi connectivity index (χ4n) is 7.35. The number of esters is 2. The second-order valence-corrected chi connectivity index (χ2v) is 20.3. The molecule has 2 unspecified atom stereocenters. The third-order valence-corrected chi connectivity index (χ3v) is 12.4. The van der Waals surface area contributed by atoms with Crippen LogP contribution in [0.5, 0.6) is 0 Å². The summed E-state index contributed by atoms with van der Waals surface area (Å²) in [5, 5.41) is 0. The van der Waals surface area contributed by atoms with Gasteiger partial charge in [-0.05, 0) is 64.2 Å². The summed E-state index contributed by atoms with van der Waals surface area (Å²) in [5.74, 6) is -0.829. The highest BCUT2D eigenvalue weighted by atomic mass is 31.2. The molecule has 62 heavy (non-hydrogen) atoms. The Morgan fingerprint density at radius 1 is 0.484 bits per heavy atom. The first kappa shape index (κ1) is 60.5. The summed E-state index contributed by atoms with van der Waals surface area (Å²) in [5.41, 5.74) is 0. The van der Waals surface area contributed by atoms with Crippen LogP contribution in [-0.4, -0.2) is 70.0 Å². The quantitative estimate of drug-likeness (QED) is 0.0195. The SMILES string of the molecule is CCCCCCCC/C=C\CCCCCCCCCCCC(=O)OCC(COP(=O)([O-])OCC[N+](C)(C)C)OC(=O)CCCCCCCCCCC/C=C\CCCCCCCC. The number of phosphoric ester groups is 1. The van der Waals surface area contributed by atoms with Gasteiger partial charge in [0, 0.05) is 12.8 Å². The first-order chi connectivity index (χ1) is 30.0. The van der Waals surface area contributed by atoms with E-state index >= 15 is 0 Å². The molecule has 0 saturated heterocycles. The Balaban J connectivity index is 4.23. The van der Waals surface area contributed by atoms with Crippen molar-refractivity contribution in [1.82, 2.24) is 0 Å². The summed E-state index contributed by atoms with van der Waals surface area (Å²) < 4.78 is 34.1. The number of hydrogen-bond donors (Lipinski definition) is 0. The van der Waals surface area contributed by atoms with Gasteiger partial charge in [-0.2, -0.15) is 0 Å². The first-order valence-electron chi connectivity index (χ1n) is 26.0. The number of carbonyl (C=O) groups excluding carboxylic acids is 2. The van der Waals surface area contributed by atoms with E-state index in [4.69, 9.17) is 18.5 Å². The topological polar surface area (TPSA) is 111 Å². The molecule has 10 heteroatoms. The summed E-state index contributed by atoms with van der Waals surface area (Å²) in [4.78, 5) is 37.7. The number of rotatable bonds is 48. The molecule has 0 amide bonds. The van der Waals surface area contributed by atoms with Crippen LogP contribution in [0, 0.1) is 0 Å². The van der Waals surface area contributed by atoms with Crippen molar-refractivity contribution in [2.45, 2.75) is 251 Å². The molecule has 0 aliphatic rings. The van der Waals surface area contributed by atoms with E-state index in [1.165, 1.54) is 173 Å². The summed E-state index contributed by atoms with van der Waals surface area (Å²) in [6.45, 7) is 4.25. The van der Waals surface area contributed by atoms with Crippen molar-refractivity contribution in [2.24, 2.45) is 0 Å². The number of nitrogens with zero attached hydrogens (tertiary/aromatic N) is 1. The van der Waals surface area contributed by atoms with E-state index in [9.17, 15) is 19.0 Å². The lowest BCUT2D eigenvalue weighted by molar-refractivity contribution is -0.870. The van der Waals surface area contributed by atoms with E-state index < -0.39 is 26.5 Å². The summed E-state index contributed by atoms with van der Waals surface area (Å²) >= 11 is 0. The van der Waals surface area contributed by atoms with Crippen molar-refractivity contribution >= 4 is 19.8 Å². The average molecular weight is 898 g/mol. The van der Waals surface area contributed by atoms with Crippen LogP contribution in [0.15, 0.2) is 24.3 Å². The lowest BCUT2D eigenvalue weighted by Gasteiger charge is -2.28. The highest BCUT2D eigenvalue weighted by Crippen LogP contribution is 2.38. The highest BCUT2D eigenvalue weighted by Gasteiger charge is 2.21. The van der Waals surface area contributed by atoms with Gasteiger partial charge in [0.05, 0.1) is 27.7 Å². The van der Waals surface area contributed by atoms with Crippen LogP contribution in [0.3, 0.4) is 0 Å². The number of hydrogen-bond acceptors (Lipinski definition) is 8. The number of phosphoric acid groups is 1. The minimum atomic E-state index is -4.63. The third-order valence-electron chi connectivity index (χ3n) is 11.4. The predicted molar refractivity (Wildman–Crippen MR) is 259 cm³/mol. The van der Waals surface area contributed by atoms with Gasteiger partial charge in [-0.25, -0.2) is 0 Å². The molecule has 0 aliphatic carbocycles. The zero-order valence-electron chi connectivity index (χ0n) is 41.3. The van der Waals surface area contributed by atoms with Crippen molar-refractivity contribution in [3.05, 3.63) is 24.3 Å². The van der Waals surface area contributed by atoms with E-state index in [-0.39, 0.29) is 32.0 Å². The Hall–Kier alpha value is -1.51. The number of unbranched alkanes of at least 4 members (excludes halogenated alkanes) is 30. The van der Waals surface area contributed by atoms with Crippen molar-refractivity contribution in [1.29, 1.82) is 0 Å². The van der Waals surface area contributed by atoms with E-state index in [0.717, 1.165) is 38.5 Å². The van der Waals surface area contributed by atoms with Gasteiger partial charge in [0.2, 0.25) is 0 Å². The van der Waals surface area contributed by atoms with E-state index in [0.29, 0.717) is 17.4 Å². The van der Waals surface area contributed by atoms with Crippen LogP contribution >= 0.6 is 7.82 Å². The Morgan fingerprint density at radius 3 is 1.19 bits per heavy atom. The summed E-state index contributed by atoms with van der Waals surface area (Å²) in [7, 11) is 1.17. The molecule has 0 N–H and O–H groups in total. The largest absolute Gasteiger partial charge is 0.756 e. The fourth-order valence-corrected chi connectivity index (χ4v) is 8.08. The first-order valence-corrected chi connectivity index (χ1v) is 27.5. The molecule has 0 saturated carbocycles. The molecule has 0 spiro atoms. The zero-order valence-corrected chi connectivity index (χ0v) is 42.2. The number of ether oxygens (including phenoxy) is 2. The second kappa shape index (κ2) is 44.7. The predicted octanol–water partition coefficient (Wildman–Crippen LogP) is 14.8. The van der Waals surface area contributed by atoms with Crippen LogP contribution in [0.1, 0.15) is 245 Å². The van der Waals surface area contributed by atoms with Crippen LogP contribution < -0.4 is 4.89 Å². The van der Waals surface area contributed by atoms with Crippen LogP contribution in [0.25, 0.3) is 0 Å². The molecule has 0 radical (unpaired) electrons. The maximum Gasteiger partial charge on any atom is 0.306 e. The van der Waals surface area contributed by atoms with E-state index in [1.807, 2.05) is 21.1 Å². The molecule has 0 aromatic heterocycles. The van der Waals surface area contributed by atoms with Gasteiger partial charge < -0.3 is 27.9 Å². The second-order valence-electron chi connectivity index (χ2n) is 18.9. The van der Waals surface area contributed by atoms with Gasteiger partial charge in [0.1, 0.15) is 19.8 Å². The molecule has 2 atom stereocenters. The van der Waals surface area contributed by atoms with Gasteiger partial charge in [-0.15, -0.1) is 0 Å². The minimum absolute atomic E-state index is 0.0298. The number of allylic oxidation sites excluding steroid dienone is 4. The van der Waals surface area contributed by atoms with Crippen molar-refractivity contribution < 1.29 is 42.1 Å². The normalized spacial score (nSPS) is 13.6. The molecule has 366 valence electrons. The molecular weight excluding hydrogens is 798 g/mol. The van der Waals surface area contributed by atoms with E-state index in [2.05, 4.69) is 38.2 Å². The molecule has 0 heterocycles. The van der Waals surface area contributed by atoms with Gasteiger partial charge in [-0.1, -0.05) is 192 Å². The summed E-state index contributed by atoms with van der Waals surface area (Å²) in [6, 6.07) is 0. The smallest absolute Gasteiger partial charge is 0.306 e. The van der Waals surface area contributed by atoms with Crippen molar-refractivity contribution in [3.63, 3.8) is 0 Å². The lowest BCUT2D eigenvalue weighted by Crippen LogP contribution is -2.37. The van der Waals surface area contributed by atoms with Gasteiger partial charge in [0.15, 0.2) is 6.10 Å². The molecule has 0 bridgehead atoms. The third kappa shape index (κ3) is 48.0. The molecule has 0 aromatic carbocycles. The summed E-state index contributed by atoms with van der Waals surface area (Å²) in [6.07, 6.45) is 50.6. The maximum absolute atomic E-state index is 12.7. The van der Waals surface area contributed by atoms with Gasteiger partial charge >= 0.3 is 11.9 Å². The Morgan fingerprint density at radius 2 is 0.823 bits per heavy atom. The van der Waals surface area contributed by atoms with Gasteiger partial charge in [-0.3, -0.25) is 14.2 Å². The number of carbonyl (C=O) groups is 2. The molecule has 0 aliphatic heterocycles.